The monoisotopic (exact) mass is 632 g/mol. The molecule has 0 aliphatic rings. The van der Waals surface area contributed by atoms with E-state index in [1.165, 1.54) is 31.8 Å². The fourth-order valence-electron chi connectivity index (χ4n) is 6.67. The Kier molecular flexibility index (Phi) is 8.75. The van der Waals surface area contributed by atoms with Crippen molar-refractivity contribution in [2.45, 2.75) is 0 Å². The van der Waals surface area contributed by atoms with Crippen LogP contribution in [0, 0.1) is 0 Å². The van der Waals surface area contributed by atoms with Crippen molar-refractivity contribution in [3.05, 3.63) is 206 Å². The zero-order valence-electron chi connectivity index (χ0n) is 25.6. The minimum absolute atomic E-state index is 1.09. The van der Waals surface area contributed by atoms with Gasteiger partial charge in [0.1, 0.15) is 0 Å². The summed E-state index contributed by atoms with van der Waals surface area (Å²) in [5, 5.41) is 16.4. The van der Waals surface area contributed by atoms with E-state index in [0.717, 1.165) is 11.4 Å². The fourth-order valence-corrected chi connectivity index (χ4v) is 14.9. The van der Waals surface area contributed by atoms with Crippen LogP contribution in [0.25, 0.3) is 0 Å². The van der Waals surface area contributed by atoms with Gasteiger partial charge in [0.25, 0.3) is 0 Å². The van der Waals surface area contributed by atoms with Crippen molar-refractivity contribution in [3.8, 4) is 0 Å². The van der Waals surface area contributed by atoms with E-state index in [4.69, 9.17) is 0 Å². The summed E-state index contributed by atoms with van der Waals surface area (Å²) in [6.45, 7) is 0. The number of para-hydroxylation sites is 2. The molecule has 0 bridgehead atoms. The van der Waals surface area contributed by atoms with Crippen molar-refractivity contribution in [1.82, 2.24) is 0 Å². The maximum absolute atomic E-state index is 4.29. The third-order valence-electron chi connectivity index (χ3n) is 8.81. The van der Waals surface area contributed by atoms with Crippen LogP contribution in [0.5, 0.6) is 0 Å². The van der Waals surface area contributed by atoms with Crippen molar-refractivity contribution in [1.29, 1.82) is 0 Å². The van der Waals surface area contributed by atoms with Crippen molar-refractivity contribution >= 4 is 58.0 Å². The predicted octanol–water partition coefficient (Wildman–Crippen LogP) is 7.79. The molecule has 0 heterocycles. The first kappa shape index (κ1) is 29.7. The quantitative estimate of drug-likeness (QED) is 0.151. The van der Waals surface area contributed by atoms with E-state index in [0.29, 0.717) is 0 Å². The van der Waals surface area contributed by atoms with Gasteiger partial charge in [-0.25, -0.2) is 0 Å². The van der Waals surface area contributed by atoms with E-state index in [2.05, 4.69) is 216 Å². The molecule has 0 aromatic heterocycles. The molecular formula is C42H38N2P2. The predicted molar refractivity (Wildman–Crippen MR) is 207 cm³/mol. The number of nitrogens with one attached hydrogen (secondary N) is 2. The van der Waals surface area contributed by atoms with E-state index in [1.807, 2.05) is 0 Å². The molecule has 0 aliphatic carbocycles. The Balaban J connectivity index is 1.46. The molecule has 0 atom stereocenters. The number of rotatable bonds is 10. The van der Waals surface area contributed by atoms with Gasteiger partial charge in [-0.3, -0.25) is 0 Å². The SMILES string of the molecule is c1ccc([PH](Nc2ccccc2N[PH](c2ccccc2)(c2ccccc2)c2ccccc2)(c2ccccc2)c2ccccc2)cc1. The number of hydrogen-bond acceptors (Lipinski definition) is 2. The minimum atomic E-state index is -2.78. The zero-order chi connectivity index (χ0) is 31.1. The summed E-state index contributed by atoms with van der Waals surface area (Å²) in [6, 6.07) is 74.7. The van der Waals surface area contributed by atoms with Crippen molar-refractivity contribution < 1.29 is 0 Å². The van der Waals surface area contributed by atoms with E-state index < -0.39 is 14.8 Å². The van der Waals surface area contributed by atoms with Gasteiger partial charge in [-0.2, -0.15) is 0 Å². The van der Waals surface area contributed by atoms with Crippen LogP contribution in [0.2, 0.25) is 0 Å². The number of anilines is 2. The van der Waals surface area contributed by atoms with Gasteiger partial charge >= 0.3 is 274 Å². The molecule has 0 saturated carbocycles. The fraction of sp³-hybridized carbons (Fsp3) is 0. The summed E-state index contributed by atoms with van der Waals surface area (Å²) in [4.78, 5) is 0. The molecule has 2 N–H and O–H groups in total. The molecular weight excluding hydrogens is 594 g/mol. The van der Waals surface area contributed by atoms with Crippen LogP contribution in [0.4, 0.5) is 11.4 Å². The molecule has 4 heteroatoms. The zero-order valence-corrected chi connectivity index (χ0v) is 27.6. The Morgan fingerprint density at radius 2 is 0.391 bits per heavy atom. The third-order valence-corrected chi connectivity index (χ3v) is 17.3. The van der Waals surface area contributed by atoms with Crippen molar-refractivity contribution in [2.24, 2.45) is 0 Å². The van der Waals surface area contributed by atoms with E-state index in [9.17, 15) is 0 Å². The first-order valence-electron chi connectivity index (χ1n) is 15.8. The van der Waals surface area contributed by atoms with Crippen LogP contribution in [0.3, 0.4) is 0 Å². The van der Waals surface area contributed by atoms with Gasteiger partial charge in [-0.15, -0.1) is 0 Å². The average Bonchev–Trinajstić information content (AvgIpc) is 3.15. The van der Waals surface area contributed by atoms with Crippen LogP contribution < -0.4 is 42.0 Å². The van der Waals surface area contributed by atoms with Crippen molar-refractivity contribution in [2.75, 3.05) is 10.2 Å². The van der Waals surface area contributed by atoms with E-state index >= 15 is 0 Å². The summed E-state index contributed by atoms with van der Waals surface area (Å²) in [6.07, 6.45) is 0. The molecule has 0 unspecified atom stereocenters. The molecule has 0 amide bonds. The standard InChI is InChI=1S/C42H38N2P2/c1-7-21-35(22-8-1)45(36-23-9-2-10-24-36,37-25-11-3-12-26-37)43-41-33-19-20-34-42(41)44-46(38-27-13-4-14-28-38,39-29-15-5-16-30-39)40-31-17-6-18-32-40/h1-34,43-46H. The topological polar surface area (TPSA) is 24.1 Å². The maximum atomic E-state index is 4.29. The van der Waals surface area contributed by atoms with Gasteiger partial charge in [0.2, 0.25) is 0 Å². The summed E-state index contributed by atoms with van der Waals surface area (Å²) in [5.74, 6) is 0. The van der Waals surface area contributed by atoms with E-state index in [-0.39, 0.29) is 0 Å². The van der Waals surface area contributed by atoms with Gasteiger partial charge in [0.15, 0.2) is 0 Å². The Bertz CT molecular complexity index is 1630. The molecule has 0 saturated heterocycles. The molecule has 7 aromatic rings. The second-order valence-electron chi connectivity index (χ2n) is 11.5. The second-order valence-corrected chi connectivity index (χ2v) is 18.5. The van der Waals surface area contributed by atoms with E-state index in [1.54, 1.807) is 0 Å². The Morgan fingerprint density at radius 3 is 0.587 bits per heavy atom. The number of hydrogen-bond donors (Lipinski definition) is 2. The van der Waals surface area contributed by atoms with Gasteiger partial charge in [-0.1, -0.05) is 0 Å². The summed E-state index contributed by atoms with van der Waals surface area (Å²) in [7, 11) is -5.57. The molecule has 226 valence electrons. The Labute approximate surface area is 273 Å². The first-order chi connectivity index (χ1) is 22.8. The molecule has 0 aliphatic heterocycles. The Morgan fingerprint density at radius 1 is 0.217 bits per heavy atom. The average molecular weight is 633 g/mol. The molecule has 46 heavy (non-hydrogen) atoms. The van der Waals surface area contributed by atoms with Crippen LogP contribution in [-0.4, -0.2) is 0 Å². The summed E-state index contributed by atoms with van der Waals surface area (Å²) < 4.78 is 0. The van der Waals surface area contributed by atoms with Crippen LogP contribution in [-0.2, 0) is 0 Å². The van der Waals surface area contributed by atoms with Gasteiger partial charge in [-0.05, 0) is 0 Å². The Hall–Kier alpha value is -5.00. The first-order valence-corrected chi connectivity index (χ1v) is 19.8. The second kappa shape index (κ2) is 13.6. The molecule has 2 nitrogen and oxygen atoms in total. The van der Waals surface area contributed by atoms with Gasteiger partial charge in [0.05, 0.1) is 0 Å². The molecule has 0 radical (unpaired) electrons. The molecule has 7 rings (SSSR count). The summed E-state index contributed by atoms with van der Waals surface area (Å²) in [5.41, 5.74) is 2.18. The number of benzene rings is 7. The molecule has 0 fully saturated rings. The summed E-state index contributed by atoms with van der Waals surface area (Å²) >= 11 is 0. The van der Waals surface area contributed by atoms with Gasteiger partial charge < -0.3 is 0 Å². The van der Waals surface area contributed by atoms with Crippen LogP contribution in [0.1, 0.15) is 0 Å². The molecule has 0 spiro atoms. The van der Waals surface area contributed by atoms with Gasteiger partial charge in [0, 0.05) is 0 Å². The molecule has 7 aromatic carbocycles. The third kappa shape index (κ3) is 5.63. The van der Waals surface area contributed by atoms with Crippen LogP contribution in [0.15, 0.2) is 206 Å². The van der Waals surface area contributed by atoms with Crippen LogP contribution >= 0.6 is 14.8 Å². The normalized spacial score (nSPS) is 12.2. The van der Waals surface area contributed by atoms with Crippen molar-refractivity contribution in [3.63, 3.8) is 0 Å².